The second-order valence-electron chi connectivity index (χ2n) is 6.20. The Kier molecular flexibility index (Phi) is 3.69. The van der Waals surface area contributed by atoms with Crippen LogP contribution in [-0.4, -0.2) is 48.5 Å². The minimum Gasteiger partial charge on any atom is -0.391 e. The highest BCUT2D eigenvalue weighted by atomic mass is 19.1. The molecule has 7 nitrogen and oxygen atoms in total. The van der Waals surface area contributed by atoms with Gasteiger partial charge in [-0.3, -0.25) is 4.79 Å². The van der Waals surface area contributed by atoms with Gasteiger partial charge in [-0.2, -0.15) is 0 Å². The number of aryl methyl sites for hydroxylation is 1. The van der Waals surface area contributed by atoms with E-state index in [2.05, 4.69) is 15.3 Å². The molecule has 0 spiro atoms. The first-order valence-electron chi connectivity index (χ1n) is 7.93. The van der Waals surface area contributed by atoms with Crippen molar-refractivity contribution >= 4 is 17.1 Å². The normalized spacial score (nSPS) is 20.4. The molecule has 4 rings (SSSR count). The van der Waals surface area contributed by atoms with Crippen molar-refractivity contribution in [3.05, 3.63) is 53.5 Å². The molecule has 25 heavy (non-hydrogen) atoms. The van der Waals surface area contributed by atoms with Gasteiger partial charge in [-0.05, 0) is 30.2 Å². The summed E-state index contributed by atoms with van der Waals surface area (Å²) < 4.78 is 15.1. The van der Waals surface area contributed by atoms with Crippen molar-refractivity contribution < 1.29 is 14.3 Å². The Morgan fingerprint density at radius 3 is 3.00 bits per heavy atom. The van der Waals surface area contributed by atoms with Gasteiger partial charge < -0.3 is 10.0 Å². The van der Waals surface area contributed by atoms with Crippen LogP contribution in [-0.2, 0) is 7.05 Å². The van der Waals surface area contributed by atoms with E-state index in [1.54, 1.807) is 30.1 Å². The lowest BCUT2D eigenvalue weighted by Gasteiger charge is -2.24. The number of carbonyl (C=O) groups is 1. The van der Waals surface area contributed by atoms with Gasteiger partial charge in [0.05, 0.1) is 17.7 Å². The Hall–Kier alpha value is -2.87. The Bertz CT molecular complexity index is 957. The molecule has 8 heteroatoms. The highest BCUT2D eigenvalue weighted by Crippen LogP contribution is 2.33. The van der Waals surface area contributed by atoms with E-state index in [1.807, 2.05) is 0 Å². The van der Waals surface area contributed by atoms with Gasteiger partial charge >= 0.3 is 0 Å². The highest BCUT2D eigenvalue weighted by Gasteiger charge is 2.36. The first-order chi connectivity index (χ1) is 12.0. The van der Waals surface area contributed by atoms with Gasteiger partial charge in [0.25, 0.3) is 5.91 Å². The van der Waals surface area contributed by atoms with Crippen LogP contribution in [0, 0.1) is 5.82 Å². The summed E-state index contributed by atoms with van der Waals surface area (Å²) in [6, 6.07) is 7.36. The molecule has 0 aliphatic carbocycles. The van der Waals surface area contributed by atoms with Crippen molar-refractivity contribution in [2.75, 3.05) is 6.54 Å². The van der Waals surface area contributed by atoms with Crippen molar-refractivity contribution in [1.29, 1.82) is 0 Å². The molecule has 2 atom stereocenters. The van der Waals surface area contributed by atoms with E-state index in [-0.39, 0.29) is 24.3 Å². The molecule has 1 aromatic carbocycles. The number of likely N-dealkylation sites (tertiary alicyclic amines) is 1. The largest absolute Gasteiger partial charge is 0.391 e. The van der Waals surface area contributed by atoms with Gasteiger partial charge in [0.15, 0.2) is 5.65 Å². The fraction of sp³-hybridized carbons (Fsp3) is 0.294. The summed E-state index contributed by atoms with van der Waals surface area (Å²) in [6.45, 7) is 0.193. The second kappa shape index (κ2) is 5.89. The van der Waals surface area contributed by atoms with Crippen LogP contribution in [0.5, 0.6) is 0 Å². The molecule has 0 saturated carbocycles. The molecule has 1 amide bonds. The summed E-state index contributed by atoms with van der Waals surface area (Å²) in [5, 5.41) is 17.9. The molecule has 1 aliphatic heterocycles. The molecular weight excluding hydrogens is 325 g/mol. The first-order valence-corrected chi connectivity index (χ1v) is 7.93. The van der Waals surface area contributed by atoms with Crippen molar-refractivity contribution in [3.63, 3.8) is 0 Å². The molecule has 3 heterocycles. The average molecular weight is 341 g/mol. The first kappa shape index (κ1) is 15.6. The Balaban J connectivity index is 1.68. The number of pyridine rings is 1. The maximum atomic E-state index is 13.6. The topological polar surface area (TPSA) is 84.1 Å². The van der Waals surface area contributed by atoms with Gasteiger partial charge in [0.1, 0.15) is 11.3 Å². The fourth-order valence-electron chi connectivity index (χ4n) is 3.28. The molecule has 1 aliphatic rings. The molecule has 1 N–H and O–H groups in total. The van der Waals surface area contributed by atoms with Crippen LogP contribution in [0.2, 0.25) is 0 Å². The van der Waals surface area contributed by atoms with Crippen LogP contribution in [0.1, 0.15) is 28.4 Å². The van der Waals surface area contributed by atoms with Crippen LogP contribution < -0.4 is 0 Å². The van der Waals surface area contributed by atoms with E-state index in [1.165, 1.54) is 23.0 Å². The summed E-state index contributed by atoms with van der Waals surface area (Å²) in [7, 11) is 1.72. The lowest BCUT2D eigenvalue weighted by Crippen LogP contribution is -2.31. The third-order valence-electron chi connectivity index (χ3n) is 4.46. The van der Waals surface area contributed by atoms with E-state index in [0.717, 1.165) is 0 Å². The smallest absolute Gasteiger partial charge is 0.256 e. The number of amides is 1. The molecule has 128 valence electrons. The number of carbonyl (C=O) groups excluding carboxylic acids is 1. The average Bonchev–Trinajstić information content (AvgIpc) is 3.17. The van der Waals surface area contributed by atoms with Crippen molar-refractivity contribution in [2.45, 2.75) is 18.6 Å². The summed E-state index contributed by atoms with van der Waals surface area (Å²) in [4.78, 5) is 18.7. The lowest BCUT2D eigenvalue weighted by atomic mass is 10.0. The van der Waals surface area contributed by atoms with E-state index in [9.17, 15) is 14.3 Å². The molecular formula is C17H16FN5O2. The lowest BCUT2D eigenvalue weighted by molar-refractivity contribution is 0.0715. The quantitative estimate of drug-likeness (QED) is 0.763. The standard InChI is InChI=1S/C17H16FN5O2/c1-22-16-14(20-21-22)6-11(8-19-16)17(25)23-9-13(24)7-15(23)10-3-2-4-12(18)5-10/h2-6,8,13,15,24H,7,9H2,1H3/t13-,15-/m1/s1. The number of aliphatic hydroxyl groups excluding tert-OH is 1. The second-order valence-corrected chi connectivity index (χ2v) is 6.20. The highest BCUT2D eigenvalue weighted by molar-refractivity contribution is 5.96. The molecule has 0 unspecified atom stereocenters. The third-order valence-corrected chi connectivity index (χ3v) is 4.46. The summed E-state index contributed by atoms with van der Waals surface area (Å²) in [6.07, 6.45) is 1.20. The number of nitrogens with zero attached hydrogens (tertiary/aromatic N) is 5. The minimum absolute atomic E-state index is 0.193. The Morgan fingerprint density at radius 1 is 1.36 bits per heavy atom. The molecule has 0 radical (unpaired) electrons. The Morgan fingerprint density at radius 2 is 2.20 bits per heavy atom. The van der Waals surface area contributed by atoms with Gasteiger partial charge in [0, 0.05) is 19.8 Å². The number of aliphatic hydroxyl groups is 1. The number of aromatic nitrogens is 4. The summed E-state index contributed by atoms with van der Waals surface area (Å²) in [5.41, 5.74) is 2.14. The predicted molar refractivity (Wildman–Crippen MR) is 87.1 cm³/mol. The monoisotopic (exact) mass is 341 g/mol. The number of rotatable bonds is 2. The van der Waals surface area contributed by atoms with Crippen molar-refractivity contribution in [3.8, 4) is 0 Å². The zero-order valence-electron chi connectivity index (χ0n) is 13.5. The van der Waals surface area contributed by atoms with E-state index in [0.29, 0.717) is 28.7 Å². The number of hydrogen-bond acceptors (Lipinski definition) is 5. The molecule has 0 bridgehead atoms. The Labute approximate surface area is 142 Å². The van der Waals surface area contributed by atoms with E-state index < -0.39 is 6.10 Å². The maximum Gasteiger partial charge on any atom is 0.256 e. The fourth-order valence-corrected chi connectivity index (χ4v) is 3.28. The number of hydrogen-bond donors (Lipinski definition) is 1. The van der Waals surface area contributed by atoms with Gasteiger partial charge in [-0.1, -0.05) is 17.3 Å². The van der Waals surface area contributed by atoms with Gasteiger partial charge in [-0.25, -0.2) is 14.1 Å². The number of β-amino-alcohol motifs (C(OH)–C–C–N with tert-alkyl or cyclic N) is 1. The van der Waals surface area contributed by atoms with Crippen molar-refractivity contribution in [1.82, 2.24) is 24.9 Å². The van der Waals surface area contributed by atoms with Crippen LogP contribution in [0.25, 0.3) is 11.2 Å². The number of fused-ring (bicyclic) bond motifs is 1. The number of halogens is 1. The maximum absolute atomic E-state index is 13.6. The van der Waals surface area contributed by atoms with Crippen LogP contribution >= 0.6 is 0 Å². The SMILES string of the molecule is Cn1nnc2cc(C(=O)N3C[C@H](O)C[C@@H]3c3cccc(F)c3)cnc21. The molecule has 1 fully saturated rings. The zero-order valence-corrected chi connectivity index (χ0v) is 13.5. The van der Waals surface area contributed by atoms with Gasteiger partial charge in [0.2, 0.25) is 0 Å². The third kappa shape index (κ3) is 2.74. The number of benzene rings is 1. The zero-order chi connectivity index (χ0) is 17.6. The van der Waals surface area contributed by atoms with Crippen LogP contribution in [0.15, 0.2) is 36.5 Å². The van der Waals surface area contributed by atoms with Gasteiger partial charge in [-0.15, -0.1) is 5.10 Å². The van der Waals surface area contributed by atoms with E-state index in [4.69, 9.17) is 0 Å². The summed E-state index contributed by atoms with van der Waals surface area (Å²) in [5.74, 6) is -0.639. The summed E-state index contributed by atoms with van der Waals surface area (Å²) >= 11 is 0. The van der Waals surface area contributed by atoms with Crippen LogP contribution in [0.3, 0.4) is 0 Å². The molecule has 2 aromatic heterocycles. The van der Waals surface area contributed by atoms with Crippen molar-refractivity contribution in [2.24, 2.45) is 7.05 Å². The molecule has 3 aromatic rings. The van der Waals surface area contributed by atoms with Crippen LogP contribution in [0.4, 0.5) is 4.39 Å². The molecule has 1 saturated heterocycles. The van der Waals surface area contributed by atoms with E-state index >= 15 is 0 Å². The predicted octanol–water partition coefficient (Wildman–Crippen LogP) is 1.45. The minimum atomic E-state index is -0.648.